The number of rotatable bonds is 0. The van der Waals surface area contributed by atoms with E-state index in [9.17, 15) is 4.79 Å². The Kier molecular flexibility index (Phi) is 1.39. The van der Waals surface area contributed by atoms with E-state index in [-0.39, 0.29) is 11.2 Å². The van der Waals surface area contributed by atoms with Crippen LogP contribution in [0.5, 0.6) is 0 Å². The van der Waals surface area contributed by atoms with Crippen molar-refractivity contribution in [3.05, 3.63) is 10.4 Å². The molecule has 0 saturated heterocycles. The molecule has 2 heterocycles. The van der Waals surface area contributed by atoms with Crippen LogP contribution in [0.3, 0.4) is 0 Å². The van der Waals surface area contributed by atoms with Crippen molar-refractivity contribution in [3.8, 4) is 0 Å². The van der Waals surface area contributed by atoms with Crippen LogP contribution >= 0.6 is 0 Å². The zero-order chi connectivity index (χ0) is 8.72. The number of anilines is 2. The lowest BCUT2D eigenvalue weighted by Crippen LogP contribution is -2.27. The lowest BCUT2D eigenvalue weighted by atomic mass is 10.3. The molecule has 4 N–H and O–H groups in total. The predicted molar refractivity (Wildman–Crippen MR) is 46.8 cm³/mol. The summed E-state index contributed by atoms with van der Waals surface area (Å²) in [4.78, 5) is 11.4. The maximum absolute atomic E-state index is 11.4. The predicted octanol–water partition coefficient (Wildman–Crippen LogP) is -0.392. The standard InChI is InChI=1S/C7H12N4O/c8-5-6(9)10-3-1-2-4-11(10)7(5)12/h1-4,8-9H2. The Morgan fingerprint density at radius 2 is 1.67 bits per heavy atom. The summed E-state index contributed by atoms with van der Waals surface area (Å²) in [6, 6.07) is 0. The quantitative estimate of drug-likeness (QED) is 0.553. The molecule has 1 aromatic heterocycles. The van der Waals surface area contributed by atoms with Gasteiger partial charge in [-0.2, -0.15) is 0 Å². The highest BCUT2D eigenvalue weighted by atomic mass is 16.1. The molecule has 5 nitrogen and oxygen atoms in total. The largest absolute Gasteiger partial charge is 0.391 e. The second-order valence-electron chi connectivity index (χ2n) is 3.06. The van der Waals surface area contributed by atoms with Gasteiger partial charge in [0.05, 0.1) is 0 Å². The summed E-state index contributed by atoms with van der Waals surface area (Å²) in [5, 5.41) is 0. The summed E-state index contributed by atoms with van der Waals surface area (Å²) in [6.07, 6.45) is 2.10. The molecule has 5 heteroatoms. The van der Waals surface area contributed by atoms with Crippen LogP contribution in [0.1, 0.15) is 12.8 Å². The maximum Gasteiger partial charge on any atom is 0.292 e. The first kappa shape index (κ1) is 7.27. The van der Waals surface area contributed by atoms with Crippen LogP contribution in [0, 0.1) is 0 Å². The highest BCUT2D eigenvalue weighted by Crippen LogP contribution is 2.15. The van der Waals surface area contributed by atoms with Crippen LogP contribution < -0.4 is 17.0 Å². The zero-order valence-electron chi connectivity index (χ0n) is 6.79. The van der Waals surface area contributed by atoms with Gasteiger partial charge in [-0.05, 0) is 12.8 Å². The van der Waals surface area contributed by atoms with Gasteiger partial charge in [0.1, 0.15) is 11.5 Å². The van der Waals surface area contributed by atoms with Gasteiger partial charge in [0.25, 0.3) is 5.56 Å². The van der Waals surface area contributed by atoms with E-state index in [2.05, 4.69) is 0 Å². The van der Waals surface area contributed by atoms with Crippen molar-refractivity contribution in [1.29, 1.82) is 0 Å². The minimum absolute atomic E-state index is 0.146. The normalized spacial score (nSPS) is 16.0. The molecule has 0 bridgehead atoms. The molecule has 2 rings (SSSR count). The van der Waals surface area contributed by atoms with Gasteiger partial charge in [-0.3, -0.25) is 9.48 Å². The Hall–Kier alpha value is -1.39. The fourth-order valence-electron chi connectivity index (χ4n) is 1.61. The third-order valence-electron chi connectivity index (χ3n) is 2.30. The fraction of sp³-hybridized carbons (Fsp3) is 0.571. The molecule has 1 aliphatic rings. The third kappa shape index (κ3) is 0.760. The number of nitrogens with two attached hydrogens (primary N) is 2. The van der Waals surface area contributed by atoms with Crippen LogP contribution in [0.15, 0.2) is 4.79 Å². The van der Waals surface area contributed by atoms with Gasteiger partial charge in [0.2, 0.25) is 0 Å². The van der Waals surface area contributed by atoms with Crippen molar-refractivity contribution in [2.24, 2.45) is 0 Å². The second kappa shape index (κ2) is 2.30. The smallest absolute Gasteiger partial charge is 0.292 e. The van der Waals surface area contributed by atoms with E-state index in [4.69, 9.17) is 11.5 Å². The van der Waals surface area contributed by atoms with Crippen LogP contribution in [0.2, 0.25) is 0 Å². The minimum Gasteiger partial charge on any atom is -0.391 e. The van der Waals surface area contributed by atoms with E-state index in [0.717, 1.165) is 25.9 Å². The zero-order valence-corrected chi connectivity index (χ0v) is 6.79. The molecule has 0 atom stereocenters. The third-order valence-corrected chi connectivity index (χ3v) is 2.30. The monoisotopic (exact) mass is 168 g/mol. The van der Waals surface area contributed by atoms with E-state index < -0.39 is 0 Å². The lowest BCUT2D eigenvalue weighted by Gasteiger charge is -2.17. The Morgan fingerprint density at radius 1 is 1.08 bits per heavy atom. The summed E-state index contributed by atoms with van der Waals surface area (Å²) >= 11 is 0. The molecule has 66 valence electrons. The summed E-state index contributed by atoms with van der Waals surface area (Å²) in [5.74, 6) is 0.416. The van der Waals surface area contributed by atoms with Crippen molar-refractivity contribution in [1.82, 2.24) is 9.36 Å². The van der Waals surface area contributed by atoms with Gasteiger partial charge < -0.3 is 11.5 Å². The number of aromatic nitrogens is 2. The molecule has 1 aromatic rings. The van der Waals surface area contributed by atoms with Gasteiger partial charge in [-0.15, -0.1) is 0 Å². The number of hydrogen-bond donors (Lipinski definition) is 2. The molecular formula is C7H12N4O. The molecular weight excluding hydrogens is 156 g/mol. The number of nitrogen functional groups attached to an aromatic ring is 2. The summed E-state index contributed by atoms with van der Waals surface area (Å²) in [7, 11) is 0. The van der Waals surface area contributed by atoms with Gasteiger partial charge in [-0.1, -0.05) is 0 Å². The SMILES string of the molecule is Nc1c(N)n2n(c1=O)CCCC2. The minimum atomic E-state index is -0.146. The molecule has 0 saturated carbocycles. The highest BCUT2D eigenvalue weighted by Gasteiger charge is 2.17. The Bertz CT molecular complexity index is 362. The van der Waals surface area contributed by atoms with Crippen molar-refractivity contribution in [3.63, 3.8) is 0 Å². The van der Waals surface area contributed by atoms with Crippen molar-refractivity contribution in [2.45, 2.75) is 25.9 Å². The van der Waals surface area contributed by atoms with Crippen LogP contribution in [-0.2, 0) is 13.1 Å². The summed E-state index contributed by atoms with van der Waals surface area (Å²) < 4.78 is 3.38. The molecule has 0 amide bonds. The first-order chi connectivity index (χ1) is 5.72. The van der Waals surface area contributed by atoms with Crippen molar-refractivity contribution >= 4 is 11.5 Å². The summed E-state index contributed by atoms with van der Waals surface area (Å²) in [6.45, 7) is 1.54. The molecule has 0 spiro atoms. The lowest BCUT2D eigenvalue weighted by molar-refractivity contribution is 0.360. The van der Waals surface area contributed by atoms with E-state index >= 15 is 0 Å². The molecule has 0 radical (unpaired) electrons. The van der Waals surface area contributed by atoms with Gasteiger partial charge in [0.15, 0.2) is 0 Å². The molecule has 0 fully saturated rings. The first-order valence-electron chi connectivity index (χ1n) is 4.06. The average Bonchev–Trinajstić information content (AvgIpc) is 2.33. The molecule has 1 aliphatic heterocycles. The summed E-state index contributed by atoms with van der Waals surface area (Å²) in [5.41, 5.74) is 11.2. The fourth-order valence-corrected chi connectivity index (χ4v) is 1.61. The maximum atomic E-state index is 11.4. The van der Waals surface area contributed by atoms with Gasteiger partial charge >= 0.3 is 0 Å². The van der Waals surface area contributed by atoms with E-state index in [1.807, 2.05) is 0 Å². The van der Waals surface area contributed by atoms with E-state index in [1.54, 1.807) is 9.36 Å². The van der Waals surface area contributed by atoms with Gasteiger partial charge in [0, 0.05) is 13.1 Å². The first-order valence-corrected chi connectivity index (χ1v) is 4.06. The topological polar surface area (TPSA) is 79.0 Å². The van der Waals surface area contributed by atoms with E-state index in [1.165, 1.54) is 0 Å². The molecule has 0 unspecified atom stereocenters. The number of hydrogen-bond acceptors (Lipinski definition) is 3. The second-order valence-corrected chi connectivity index (χ2v) is 3.06. The van der Waals surface area contributed by atoms with E-state index in [0.29, 0.717) is 5.82 Å². The van der Waals surface area contributed by atoms with Crippen LogP contribution in [0.25, 0.3) is 0 Å². The Morgan fingerprint density at radius 3 is 2.25 bits per heavy atom. The van der Waals surface area contributed by atoms with Crippen LogP contribution in [-0.4, -0.2) is 9.36 Å². The number of nitrogens with zero attached hydrogens (tertiary/aromatic N) is 2. The van der Waals surface area contributed by atoms with Gasteiger partial charge in [-0.25, -0.2) is 4.68 Å². The molecule has 0 aliphatic carbocycles. The molecule has 12 heavy (non-hydrogen) atoms. The van der Waals surface area contributed by atoms with Crippen LogP contribution in [0.4, 0.5) is 11.5 Å². The van der Waals surface area contributed by atoms with Crippen molar-refractivity contribution < 1.29 is 0 Å². The highest BCUT2D eigenvalue weighted by molar-refractivity contribution is 5.57. The Labute approximate surface area is 69.5 Å². The molecule has 0 aromatic carbocycles. The van der Waals surface area contributed by atoms with Crippen molar-refractivity contribution in [2.75, 3.05) is 11.5 Å². The Balaban J connectivity index is 2.68. The number of fused-ring (bicyclic) bond motifs is 1. The average molecular weight is 168 g/mol.